The quantitative estimate of drug-likeness (QED) is 0.934. The molecule has 1 atom stereocenters. The Hall–Kier alpha value is -2.34. The largest absolute Gasteiger partial charge is 0.479 e. The Balaban J connectivity index is 1.94. The summed E-state index contributed by atoms with van der Waals surface area (Å²) in [4.78, 5) is 25.4. The lowest BCUT2D eigenvalue weighted by molar-refractivity contribution is -0.154. The molecule has 1 fully saturated rings. The minimum Gasteiger partial charge on any atom is -0.479 e. The molecule has 116 valence electrons. The van der Waals surface area contributed by atoms with Gasteiger partial charge in [-0.3, -0.25) is 4.79 Å². The van der Waals surface area contributed by atoms with Crippen molar-refractivity contribution in [2.45, 2.75) is 19.6 Å². The smallest absolute Gasteiger partial charge is 0.334 e. The van der Waals surface area contributed by atoms with Gasteiger partial charge in [-0.2, -0.15) is 0 Å². The number of hydrogen-bond donors (Lipinski definition) is 1. The second-order valence-electron chi connectivity index (χ2n) is 5.29. The van der Waals surface area contributed by atoms with Crippen LogP contribution in [0, 0.1) is 0 Å². The van der Waals surface area contributed by atoms with Gasteiger partial charge in [0.15, 0.2) is 6.10 Å². The van der Waals surface area contributed by atoms with Crippen LogP contribution < -0.4 is 0 Å². The van der Waals surface area contributed by atoms with E-state index in [9.17, 15) is 9.59 Å². The van der Waals surface area contributed by atoms with Gasteiger partial charge >= 0.3 is 5.97 Å². The zero-order chi connectivity index (χ0) is 15.7. The number of rotatable bonds is 3. The van der Waals surface area contributed by atoms with E-state index in [0.717, 1.165) is 17.4 Å². The number of nitrogens with zero attached hydrogens (tertiary/aromatic N) is 2. The van der Waals surface area contributed by atoms with E-state index in [0.29, 0.717) is 12.1 Å². The molecule has 1 aromatic carbocycles. The van der Waals surface area contributed by atoms with Crippen LogP contribution in [0.2, 0.25) is 0 Å². The van der Waals surface area contributed by atoms with E-state index in [2.05, 4.69) is 0 Å². The Bertz CT molecular complexity index is 722. The molecule has 0 saturated carbocycles. The van der Waals surface area contributed by atoms with Gasteiger partial charge < -0.3 is 19.3 Å². The third kappa shape index (κ3) is 2.46. The summed E-state index contributed by atoms with van der Waals surface area (Å²) in [5, 5.41) is 9.95. The Morgan fingerprint density at radius 2 is 2.14 bits per heavy atom. The van der Waals surface area contributed by atoms with Crippen molar-refractivity contribution in [3.63, 3.8) is 0 Å². The third-order valence-electron chi connectivity index (χ3n) is 3.99. The van der Waals surface area contributed by atoms with Crippen LogP contribution in [-0.4, -0.2) is 52.3 Å². The van der Waals surface area contributed by atoms with Crippen molar-refractivity contribution in [2.75, 3.05) is 19.7 Å². The predicted octanol–water partition coefficient (Wildman–Crippen LogP) is 1.59. The number of aryl methyl sites for hydroxylation is 1. The van der Waals surface area contributed by atoms with E-state index in [-0.39, 0.29) is 19.1 Å². The Morgan fingerprint density at radius 1 is 1.36 bits per heavy atom. The minimum absolute atomic E-state index is 0.0831. The SMILES string of the molecule is CCn1cc(C(=O)N2CCOC(C(=O)O)C2)c2ccccc21. The number of aromatic nitrogens is 1. The van der Waals surface area contributed by atoms with Crippen LogP contribution in [0.25, 0.3) is 10.9 Å². The van der Waals surface area contributed by atoms with Gasteiger partial charge in [0.2, 0.25) is 0 Å². The van der Waals surface area contributed by atoms with Gasteiger partial charge in [0, 0.05) is 30.2 Å². The lowest BCUT2D eigenvalue weighted by Gasteiger charge is -2.30. The van der Waals surface area contributed by atoms with Crippen LogP contribution in [0.4, 0.5) is 0 Å². The molecule has 2 heterocycles. The highest BCUT2D eigenvalue weighted by atomic mass is 16.5. The van der Waals surface area contributed by atoms with Crippen molar-refractivity contribution >= 4 is 22.8 Å². The molecular weight excluding hydrogens is 284 g/mol. The van der Waals surface area contributed by atoms with Crippen LogP contribution in [0.1, 0.15) is 17.3 Å². The lowest BCUT2D eigenvalue weighted by Crippen LogP contribution is -2.48. The average Bonchev–Trinajstić information content (AvgIpc) is 2.93. The number of carbonyl (C=O) groups is 2. The fourth-order valence-electron chi connectivity index (χ4n) is 2.83. The number of fused-ring (bicyclic) bond motifs is 1. The third-order valence-corrected chi connectivity index (χ3v) is 3.99. The van der Waals surface area contributed by atoms with Gasteiger partial charge in [-0.1, -0.05) is 18.2 Å². The van der Waals surface area contributed by atoms with Crippen LogP contribution in [0.5, 0.6) is 0 Å². The molecule has 0 spiro atoms. The highest BCUT2D eigenvalue weighted by Crippen LogP contribution is 2.23. The van der Waals surface area contributed by atoms with Crippen molar-refractivity contribution in [1.29, 1.82) is 0 Å². The molecule has 1 saturated heterocycles. The number of morpholine rings is 1. The first-order valence-corrected chi connectivity index (χ1v) is 7.33. The first-order valence-electron chi connectivity index (χ1n) is 7.33. The molecule has 0 bridgehead atoms. The van der Waals surface area contributed by atoms with Crippen LogP contribution in [0.15, 0.2) is 30.5 Å². The topological polar surface area (TPSA) is 71.8 Å². The van der Waals surface area contributed by atoms with E-state index >= 15 is 0 Å². The number of ether oxygens (including phenoxy) is 1. The number of hydrogen-bond acceptors (Lipinski definition) is 3. The Morgan fingerprint density at radius 3 is 2.86 bits per heavy atom. The fraction of sp³-hybridized carbons (Fsp3) is 0.375. The molecule has 22 heavy (non-hydrogen) atoms. The highest BCUT2D eigenvalue weighted by Gasteiger charge is 2.30. The molecule has 3 rings (SSSR count). The van der Waals surface area contributed by atoms with Crippen molar-refractivity contribution in [3.8, 4) is 0 Å². The molecule has 1 N–H and O–H groups in total. The summed E-state index contributed by atoms with van der Waals surface area (Å²) >= 11 is 0. The van der Waals surface area contributed by atoms with Crippen molar-refractivity contribution < 1.29 is 19.4 Å². The fourth-order valence-corrected chi connectivity index (χ4v) is 2.83. The number of para-hydroxylation sites is 1. The number of carboxylic acids is 1. The van der Waals surface area contributed by atoms with E-state index in [1.165, 1.54) is 0 Å². The molecular formula is C16H18N2O4. The first kappa shape index (κ1) is 14.6. The van der Waals surface area contributed by atoms with Crippen LogP contribution in [0.3, 0.4) is 0 Å². The second-order valence-corrected chi connectivity index (χ2v) is 5.29. The number of carbonyl (C=O) groups excluding carboxylic acids is 1. The molecule has 1 aromatic heterocycles. The Labute approximate surface area is 127 Å². The maximum Gasteiger partial charge on any atom is 0.334 e. The average molecular weight is 302 g/mol. The normalized spacial score (nSPS) is 18.6. The lowest BCUT2D eigenvalue weighted by atomic mass is 10.1. The van der Waals surface area contributed by atoms with Crippen molar-refractivity contribution in [2.24, 2.45) is 0 Å². The van der Waals surface area contributed by atoms with E-state index < -0.39 is 12.1 Å². The van der Waals surface area contributed by atoms with Crippen LogP contribution in [-0.2, 0) is 16.1 Å². The number of carboxylic acid groups (broad SMARTS) is 1. The van der Waals surface area contributed by atoms with E-state index in [1.54, 1.807) is 4.90 Å². The first-order chi connectivity index (χ1) is 10.6. The molecule has 6 nitrogen and oxygen atoms in total. The second kappa shape index (κ2) is 5.81. The van der Waals surface area contributed by atoms with Gasteiger partial charge in [0.1, 0.15) is 0 Å². The summed E-state index contributed by atoms with van der Waals surface area (Å²) in [5.41, 5.74) is 1.62. The molecule has 1 aliphatic rings. The van der Waals surface area contributed by atoms with Gasteiger partial charge in [0.05, 0.1) is 18.7 Å². The summed E-state index contributed by atoms with van der Waals surface area (Å²) in [6, 6.07) is 7.75. The summed E-state index contributed by atoms with van der Waals surface area (Å²) < 4.78 is 7.20. The molecule has 6 heteroatoms. The highest BCUT2D eigenvalue weighted by molar-refractivity contribution is 6.07. The summed E-state index contributed by atoms with van der Waals surface area (Å²) in [5.74, 6) is -1.17. The van der Waals surface area contributed by atoms with Crippen molar-refractivity contribution in [1.82, 2.24) is 9.47 Å². The number of amides is 1. The molecule has 1 unspecified atom stereocenters. The maximum absolute atomic E-state index is 12.8. The number of benzene rings is 1. The Kier molecular flexibility index (Phi) is 3.85. The van der Waals surface area contributed by atoms with Gasteiger partial charge in [-0.25, -0.2) is 4.79 Å². The predicted molar refractivity (Wildman–Crippen MR) is 80.9 cm³/mol. The molecule has 0 aliphatic carbocycles. The zero-order valence-electron chi connectivity index (χ0n) is 12.4. The van der Waals surface area contributed by atoms with Crippen molar-refractivity contribution in [3.05, 3.63) is 36.0 Å². The van der Waals surface area contributed by atoms with E-state index in [4.69, 9.17) is 9.84 Å². The molecule has 2 aromatic rings. The zero-order valence-corrected chi connectivity index (χ0v) is 12.4. The summed E-state index contributed by atoms with van der Waals surface area (Å²) in [6.07, 6.45) is 0.898. The summed E-state index contributed by atoms with van der Waals surface area (Å²) in [7, 11) is 0. The minimum atomic E-state index is -1.03. The summed E-state index contributed by atoms with van der Waals surface area (Å²) in [6.45, 7) is 3.54. The maximum atomic E-state index is 12.8. The number of aliphatic carboxylic acids is 1. The molecule has 1 aliphatic heterocycles. The van der Waals surface area contributed by atoms with Crippen LogP contribution >= 0.6 is 0 Å². The monoisotopic (exact) mass is 302 g/mol. The molecule has 1 amide bonds. The van der Waals surface area contributed by atoms with E-state index in [1.807, 2.05) is 42.0 Å². The van der Waals surface area contributed by atoms with Gasteiger partial charge in [-0.15, -0.1) is 0 Å². The standard InChI is InChI=1S/C16H18N2O4/c1-2-17-9-12(11-5-3-4-6-13(11)17)15(19)18-7-8-22-14(10-18)16(20)21/h3-6,9,14H,2,7-8,10H2,1H3,(H,20,21). The van der Waals surface area contributed by atoms with Gasteiger partial charge in [-0.05, 0) is 13.0 Å². The molecule has 0 radical (unpaired) electrons. The van der Waals surface area contributed by atoms with Gasteiger partial charge in [0.25, 0.3) is 5.91 Å².